The second-order valence-corrected chi connectivity index (χ2v) is 6.87. The van der Waals surface area contributed by atoms with Gasteiger partial charge >= 0.3 is 0 Å². The van der Waals surface area contributed by atoms with Crippen LogP contribution in [0.1, 0.15) is 37.7 Å². The third-order valence-electron chi connectivity index (χ3n) is 4.58. The molecule has 2 aromatic rings. The normalized spacial score (nSPS) is 13.6. The number of benzene rings is 1. The van der Waals surface area contributed by atoms with Crippen molar-refractivity contribution in [3.63, 3.8) is 0 Å². The average Bonchev–Trinajstić information content (AvgIpc) is 2.70. The molecule has 0 radical (unpaired) electrons. The molecule has 1 aromatic carbocycles. The van der Waals surface area contributed by atoms with Gasteiger partial charge < -0.3 is 15.4 Å². The average molecular weight is 365 g/mol. The van der Waals surface area contributed by atoms with E-state index < -0.39 is 0 Å². The van der Waals surface area contributed by atoms with Crippen molar-refractivity contribution >= 4 is 17.4 Å². The van der Waals surface area contributed by atoms with Crippen LogP contribution in [0, 0.1) is 6.92 Å². The van der Waals surface area contributed by atoms with E-state index in [9.17, 15) is 4.79 Å². The maximum Gasteiger partial charge on any atom is 0.263 e. The molecule has 0 spiro atoms. The van der Waals surface area contributed by atoms with E-state index in [0.29, 0.717) is 11.6 Å². The Morgan fingerprint density at radius 1 is 1.15 bits per heavy atom. The summed E-state index contributed by atoms with van der Waals surface area (Å²) >= 11 is 0. The van der Waals surface area contributed by atoms with E-state index in [-0.39, 0.29) is 12.5 Å². The van der Waals surface area contributed by atoms with Crippen LogP contribution in [-0.2, 0) is 4.79 Å². The number of allylic oxidation sites excluding steroid dienone is 1. The van der Waals surface area contributed by atoms with Crippen LogP contribution in [0.5, 0.6) is 5.75 Å². The molecule has 1 amide bonds. The first-order valence-corrected chi connectivity index (χ1v) is 9.56. The van der Waals surface area contributed by atoms with Gasteiger partial charge in [-0.05, 0) is 63.3 Å². The van der Waals surface area contributed by atoms with Gasteiger partial charge in [-0.25, -0.2) is 4.98 Å². The maximum absolute atomic E-state index is 12.0. The van der Waals surface area contributed by atoms with Gasteiger partial charge in [0.2, 0.25) is 0 Å². The summed E-state index contributed by atoms with van der Waals surface area (Å²) in [5, 5.41) is 6.13. The molecule has 2 N–H and O–H groups in total. The second kappa shape index (κ2) is 9.76. The third kappa shape index (κ3) is 6.44. The summed E-state index contributed by atoms with van der Waals surface area (Å²) in [7, 11) is 0. The Morgan fingerprint density at radius 2 is 2.00 bits per heavy atom. The number of carbonyl (C=O) groups is 1. The summed E-state index contributed by atoms with van der Waals surface area (Å²) in [6.07, 6.45) is 10.3. The maximum atomic E-state index is 12.0. The highest BCUT2D eigenvalue weighted by Crippen LogP contribution is 2.20. The molecule has 27 heavy (non-hydrogen) atoms. The van der Waals surface area contributed by atoms with Gasteiger partial charge in [0.1, 0.15) is 11.6 Å². The lowest BCUT2D eigenvalue weighted by molar-refractivity contribution is -0.118. The number of carbonyl (C=O) groups excluding carboxylic acids is 1. The van der Waals surface area contributed by atoms with E-state index >= 15 is 0 Å². The van der Waals surface area contributed by atoms with Gasteiger partial charge in [-0.1, -0.05) is 29.3 Å². The van der Waals surface area contributed by atoms with Crippen molar-refractivity contribution in [2.75, 3.05) is 23.8 Å². The molecular formula is C22H27N3O2. The molecule has 0 atom stereocenters. The molecule has 0 saturated heterocycles. The molecule has 1 heterocycles. The van der Waals surface area contributed by atoms with Crippen molar-refractivity contribution in [3.05, 3.63) is 59.8 Å². The number of aromatic nitrogens is 1. The zero-order valence-electron chi connectivity index (χ0n) is 15.8. The summed E-state index contributed by atoms with van der Waals surface area (Å²) in [6, 6.07) is 11.3. The van der Waals surface area contributed by atoms with Crippen molar-refractivity contribution in [1.82, 2.24) is 4.98 Å². The van der Waals surface area contributed by atoms with Crippen LogP contribution in [-0.4, -0.2) is 24.0 Å². The minimum atomic E-state index is -0.229. The zero-order valence-corrected chi connectivity index (χ0v) is 15.8. The van der Waals surface area contributed by atoms with E-state index in [1.807, 2.05) is 37.3 Å². The molecular weight excluding hydrogens is 338 g/mol. The molecule has 0 aliphatic heterocycles. The van der Waals surface area contributed by atoms with Crippen LogP contribution in [0.2, 0.25) is 0 Å². The molecule has 1 aliphatic rings. The Bertz CT molecular complexity index is 767. The van der Waals surface area contributed by atoms with Crippen molar-refractivity contribution in [3.8, 4) is 5.75 Å². The lowest BCUT2D eigenvalue weighted by Crippen LogP contribution is -2.20. The first-order valence-electron chi connectivity index (χ1n) is 9.56. The number of rotatable bonds is 8. The Hall–Kier alpha value is -2.82. The summed E-state index contributed by atoms with van der Waals surface area (Å²) in [5.74, 6) is 0.970. The lowest BCUT2D eigenvalue weighted by atomic mass is 9.97. The quantitative estimate of drug-likeness (QED) is 0.665. The Morgan fingerprint density at radius 3 is 2.70 bits per heavy atom. The number of ether oxygens (including phenoxy) is 1. The predicted molar refractivity (Wildman–Crippen MR) is 109 cm³/mol. The SMILES string of the molecule is Cc1ccc(OCC(=O)Nc2ccc(NCCC3=CCCCC3)cn2)cc1. The summed E-state index contributed by atoms with van der Waals surface area (Å²) in [6.45, 7) is 2.87. The largest absolute Gasteiger partial charge is 0.484 e. The highest BCUT2D eigenvalue weighted by molar-refractivity contribution is 5.91. The Kier molecular flexibility index (Phi) is 6.85. The number of nitrogens with zero attached hydrogens (tertiary/aromatic N) is 1. The first kappa shape index (κ1) is 19.0. The topological polar surface area (TPSA) is 63.2 Å². The van der Waals surface area contributed by atoms with Gasteiger partial charge in [0.25, 0.3) is 5.91 Å². The number of amides is 1. The van der Waals surface area contributed by atoms with Crippen molar-refractivity contribution in [2.45, 2.75) is 39.0 Å². The number of aryl methyl sites for hydroxylation is 1. The summed E-state index contributed by atoms with van der Waals surface area (Å²) in [4.78, 5) is 16.3. The fraction of sp³-hybridized carbons (Fsp3) is 0.364. The van der Waals surface area contributed by atoms with Crippen LogP contribution in [0.25, 0.3) is 0 Å². The number of hydrogen-bond donors (Lipinski definition) is 2. The molecule has 3 rings (SSSR count). The predicted octanol–water partition coefficient (Wildman–Crippen LogP) is 4.71. The van der Waals surface area contributed by atoms with Crippen LogP contribution >= 0.6 is 0 Å². The first-order chi connectivity index (χ1) is 13.2. The molecule has 0 fully saturated rings. The van der Waals surface area contributed by atoms with E-state index in [4.69, 9.17) is 4.74 Å². The van der Waals surface area contributed by atoms with Gasteiger partial charge in [0.15, 0.2) is 6.61 Å². The number of hydrogen-bond acceptors (Lipinski definition) is 4. The van der Waals surface area contributed by atoms with Gasteiger partial charge in [0.05, 0.1) is 11.9 Å². The van der Waals surface area contributed by atoms with E-state index in [2.05, 4.69) is 21.7 Å². The van der Waals surface area contributed by atoms with E-state index in [1.165, 1.54) is 25.7 Å². The number of pyridine rings is 1. The minimum absolute atomic E-state index is 0.0418. The van der Waals surface area contributed by atoms with Crippen LogP contribution in [0.4, 0.5) is 11.5 Å². The van der Waals surface area contributed by atoms with Crippen LogP contribution < -0.4 is 15.4 Å². The molecule has 1 aromatic heterocycles. The Balaban J connectivity index is 1.39. The second-order valence-electron chi connectivity index (χ2n) is 6.87. The van der Waals surface area contributed by atoms with Crippen LogP contribution in [0.15, 0.2) is 54.2 Å². The van der Waals surface area contributed by atoms with Crippen molar-refractivity contribution in [2.24, 2.45) is 0 Å². The smallest absolute Gasteiger partial charge is 0.263 e. The summed E-state index contributed by atoms with van der Waals surface area (Å²) in [5.41, 5.74) is 3.67. The molecule has 1 aliphatic carbocycles. The van der Waals surface area contributed by atoms with Crippen molar-refractivity contribution < 1.29 is 9.53 Å². The fourth-order valence-electron chi connectivity index (χ4n) is 3.03. The zero-order chi connectivity index (χ0) is 18.9. The van der Waals surface area contributed by atoms with E-state index in [1.54, 1.807) is 17.8 Å². The highest BCUT2D eigenvalue weighted by Gasteiger charge is 2.06. The monoisotopic (exact) mass is 365 g/mol. The molecule has 5 heteroatoms. The highest BCUT2D eigenvalue weighted by atomic mass is 16.5. The number of nitrogens with one attached hydrogen (secondary N) is 2. The fourth-order valence-corrected chi connectivity index (χ4v) is 3.03. The van der Waals surface area contributed by atoms with Gasteiger partial charge in [-0.3, -0.25) is 4.79 Å². The standard InChI is InChI=1S/C22H27N3O2/c1-17-7-10-20(11-8-17)27-16-22(26)25-21-12-9-19(15-24-21)23-14-13-18-5-3-2-4-6-18/h5,7-12,15,23H,2-4,6,13-14,16H2,1H3,(H,24,25,26). The van der Waals surface area contributed by atoms with Gasteiger partial charge in [-0.2, -0.15) is 0 Å². The molecule has 142 valence electrons. The minimum Gasteiger partial charge on any atom is -0.484 e. The molecule has 0 bridgehead atoms. The number of anilines is 2. The molecule has 0 saturated carbocycles. The van der Waals surface area contributed by atoms with E-state index in [0.717, 1.165) is 24.2 Å². The molecule has 0 unspecified atom stereocenters. The lowest BCUT2D eigenvalue weighted by Gasteiger charge is -2.13. The van der Waals surface area contributed by atoms with Gasteiger partial charge in [-0.15, -0.1) is 0 Å². The summed E-state index contributed by atoms with van der Waals surface area (Å²) < 4.78 is 5.47. The van der Waals surface area contributed by atoms with Gasteiger partial charge in [0, 0.05) is 6.54 Å². The van der Waals surface area contributed by atoms with Crippen LogP contribution in [0.3, 0.4) is 0 Å². The Labute approximate surface area is 160 Å². The molecule has 5 nitrogen and oxygen atoms in total. The van der Waals surface area contributed by atoms with Crippen molar-refractivity contribution in [1.29, 1.82) is 0 Å². The third-order valence-corrected chi connectivity index (χ3v) is 4.58.